The number of hydrogen-bond donors (Lipinski definition) is 5. The lowest BCUT2D eigenvalue weighted by Crippen LogP contribution is -2.04. The Labute approximate surface area is 316 Å². The largest absolute Gasteiger partial charge is 0.504 e. The highest BCUT2D eigenvalue weighted by molar-refractivity contribution is 6.22. The topological polar surface area (TPSA) is 105 Å². The van der Waals surface area contributed by atoms with Crippen molar-refractivity contribution >= 4 is 38.4 Å². The highest BCUT2D eigenvalue weighted by Gasteiger charge is 2.27. The number of likely N-dealkylation sites (N-methyl/N-ethyl adjacent to an activating group) is 1. The molecule has 6 aromatic carbocycles. The van der Waals surface area contributed by atoms with Gasteiger partial charge < -0.3 is 25.7 Å². The third-order valence-electron chi connectivity index (χ3n) is 9.77. The highest BCUT2D eigenvalue weighted by Crippen LogP contribution is 2.55. The summed E-state index contributed by atoms with van der Waals surface area (Å²) in [7, 11) is 3.66. The summed E-state index contributed by atoms with van der Waals surface area (Å²) >= 11 is 0. The van der Waals surface area contributed by atoms with Gasteiger partial charge in [0, 0.05) is 42.0 Å². The van der Waals surface area contributed by atoms with Crippen LogP contribution in [0.2, 0.25) is 0 Å². The molecule has 0 amide bonds. The van der Waals surface area contributed by atoms with E-state index in [1.807, 2.05) is 99.8 Å². The zero-order valence-corrected chi connectivity index (χ0v) is 31.0. The number of nitrogens with zero attached hydrogens (tertiary/aromatic N) is 1. The molecule has 0 spiro atoms. The Hall–Kier alpha value is -6.79. The number of fused-ring (bicyclic) bond motifs is 3. The van der Waals surface area contributed by atoms with Crippen molar-refractivity contribution in [2.45, 2.75) is 20.3 Å². The van der Waals surface area contributed by atoms with Gasteiger partial charge in [-0.15, -0.1) is 0 Å². The van der Waals surface area contributed by atoms with Crippen LogP contribution in [0.3, 0.4) is 0 Å². The van der Waals surface area contributed by atoms with Gasteiger partial charge in [-0.1, -0.05) is 135 Å². The second-order valence-electron chi connectivity index (χ2n) is 12.9. The van der Waals surface area contributed by atoms with E-state index in [-0.39, 0.29) is 0 Å². The number of phenols is 4. The number of phenolic OH excluding ortho intramolecular Hbond substituents is 4. The maximum absolute atomic E-state index is 11.2. The lowest BCUT2D eigenvalue weighted by atomic mass is 9.83. The first kappa shape index (κ1) is 37.0. The van der Waals surface area contributed by atoms with Crippen LogP contribution in [0.1, 0.15) is 36.1 Å². The normalized spacial score (nSPS) is 14.9. The Morgan fingerprint density at radius 3 is 1.70 bits per heavy atom. The van der Waals surface area contributed by atoms with E-state index in [1.54, 1.807) is 7.05 Å². The molecule has 0 saturated heterocycles. The zero-order valence-electron chi connectivity index (χ0n) is 31.0. The van der Waals surface area contributed by atoms with Crippen molar-refractivity contribution in [1.82, 2.24) is 5.32 Å². The SMILES string of the molecule is C=C(/C=C\C)NC.C=C1/C=C\C(c2ccc(-c3c4ccccc4c(-c4c(O)c(O)c(O)c(O)c4CC)c4ccccc34)cc2)=C/C(=NC)c2ccccc21. The molecule has 0 fully saturated rings. The van der Waals surface area contributed by atoms with E-state index in [0.29, 0.717) is 23.1 Å². The van der Waals surface area contributed by atoms with Gasteiger partial charge in [-0.3, -0.25) is 4.99 Å². The van der Waals surface area contributed by atoms with E-state index in [0.717, 1.165) is 71.9 Å². The van der Waals surface area contributed by atoms with Gasteiger partial charge in [0.1, 0.15) is 0 Å². The van der Waals surface area contributed by atoms with Gasteiger partial charge in [-0.2, -0.15) is 0 Å². The van der Waals surface area contributed by atoms with E-state index in [1.165, 1.54) is 0 Å². The van der Waals surface area contributed by atoms with E-state index in [9.17, 15) is 20.4 Å². The quantitative estimate of drug-likeness (QED) is 0.0512. The summed E-state index contributed by atoms with van der Waals surface area (Å²) in [6, 6.07) is 32.5. The molecule has 270 valence electrons. The van der Waals surface area contributed by atoms with Gasteiger partial charge in [0.25, 0.3) is 0 Å². The van der Waals surface area contributed by atoms with Gasteiger partial charge in [0.15, 0.2) is 11.5 Å². The summed E-state index contributed by atoms with van der Waals surface area (Å²) < 4.78 is 0. The van der Waals surface area contributed by atoms with E-state index < -0.39 is 23.0 Å². The van der Waals surface area contributed by atoms with Crippen molar-refractivity contribution in [3.8, 4) is 45.3 Å². The summed E-state index contributed by atoms with van der Waals surface area (Å²) in [6.07, 6.45) is 10.4. The fourth-order valence-corrected chi connectivity index (χ4v) is 7.09. The molecule has 5 N–H and O–H groups in total. The summed E-state index contributed by atoms with van der Waals surface area (Å²) in [6.45, 7) is 11.8. The van der Waals surface area contributed by atoms with Crippen LogP contribution in [0.25, 0.3) is 54.9 Å². The van der Waals surface area contributed by atoms with Gasteiger partial charge in [0.05, 0.1) is 5.71 Å². The first-order valence-corrected chi connectivity index (χ1v) is 17.8. The number of nitrogens with one attached hydrogen (secondary N) is 1. The zero-order chi connectivity index (χ0) is 38.5. The molecule has 0 aliphatic heterocycles. The maximum atomic E-state index is 11.2. The molecule has 0 bridgehead atoms. The predicted octanol–water partition coefficient (Wildman–Crippen LogP) is 11.1. The van der Waals surface area contributed by atoms with Crippen molar-refractivity contribution in [2.24, 2.45) is 4.99 Å². The Morgan fingerprint density at radius 1 is 0.667 bits per heavy atom. The minimum absolute atomic E-state index is 0.300. The second kappa shape index (κ2) is 15.8. The van der Waals surface area contributed by atoms with Gasteiger partial charge in [0.2, 0.25) is 11.5 Å². The molecule has 0 aromatic heterocycles. The molecule has 54 heavy (non-hydrogen) atoms. The molecule has 6 aromatic rings. The van der Waals surface area contributed by atoms with E-state index in [2.05, 4.69) is 72.0 Å². The van der Waals surface area contributed by atoms with Crippen LogP contribution >= 0.6 is 0 Å². The lowest BCUT2D eigenvalue weighted by Gasteiger charge is -2.21. The molecule has 6 nitrogen and oxygen atoms in total. The highest BCUT2D eigenvalue weighted by atomic mass is 16.3. The van der Waals surface area contributed by atoms with E-state index >= 15 is 0 Å². The Bertz CT molecular complexity index is 2500. The number of aromatic hydroxyl groups is 4. The molecule has 7 rings (SSSR count). The maximum Gasteiger partial charge on any atom is 0.204 e. The third kappa shape index (κ3) is 6.77. The third-order valence-corrected chi connectivity index (χ3v) is 9.77. The van der Waals surface area contributed by atoms with Crippen molar-refractivity contribution in [2.75, 3.05) is 14.1 Å². The summed E-state index contributed by atoms with van der Waals surface area (Å²) in [5.74, 6) is -2.38. The van der Waals surface area contributed by atoms with E-state index in [4.69, 9.17) is 0 Å². The molecule has 0 heterocycles. The predicted molar refractivity (Wildman–Crippen MR) is 226 cm³/mol. The van der Waals surface area contributed by atoms with Crippen LogP contribution in [0, 0.1) is 0 Å². The number of rotatable bonds is 6. The molecule has 0 unspecified atom stereocenters. The van der Waals surface area contributed by atoms with Gasteiger partial charge in [-0.25, -0.2) is 0 Å². The molecule has 1 aliphatic rings. The summed E-state index contributed by atoms with van der Waals surface area (Å²) in [5.41, 5.74) is 10.3. The standard InChI is InChI=1S/C42H33NO4.C6H11N/c1-4-28-38(40(45)42(47)41(46)39(28)44)37-33-15-9-7-13-31(33)36(32-14-8-10-16-34(32)37)26-21-19-25(20-22-26)27-18-17-24(2)29-11-5-6-12-30(29)35(23-27)43-3;1-4-5-6(2)7-3/h5-23,44-47H,2,4H2,1,3H3;4-5,7H,2H2,1,3H3/b18-17-,27-23+,43-35?;5-4-. The van der Waals surface area contributed by atoms with Crippen LogP contribution in [0.4, 0.5) is 0 Å². The number of allylic oxidation sites excluding steroid dienone is 7. The molecular weight excluding hydrogens is 669 g/mol. The average molecular weight is 713 g/mol. The Kier molecular flexibility index (Phi) is 10.9. The molecule has 6 heteroatoms. The first-order valence-electron chi connectivity index (χ1n) is 17.8. The van der Waals surface area contributed by atoms with Gasteiger partial charge >= 0.3 is 0 Å². The average Bonchev–Trinajstić information content (AvgIpc) is 3.20. The fraction of sp³-hybridized carbons (Fsp3) is 0.104. The Morgan fingerprint density at radius 2 is 1.19 bits per heavy atom. The minimum atomic E-state index is -0.747. The lowest BCUT2D eigenvalue weighted by molar-refractivity contribution is 0.344. The minimum Gasteiger partial charge on any atom is -0.504 e. The van der Waals surface area contributed by atoms with Crippen molar-refractivity contribution in [3.05, 3.63) is 169 Å². The number of hydrogen-bond acceptors (Lipinski definition) is 6. The molecule has 0 saturated carbocycles. The number of aliphatic imine (C=N–C) groups is 1. The van der Waals surface area contributed by atoms with Crippen molar-refractivity contribution in [1.29, 1.82) is 0 Å². The molecular formula is C48H44N2O4. The fourth-order valence-electron chi connectivity index (χ4n) is 7.09. The van der Waals surface area contributed by atoms with Crippen LogP contribution in [-0.4, -0.2) is 40.2 Å². The smallest absolute Gasteiger partial charge is 0.204 e. The number of benzene rings is 6. The molecule has 0 atom stereocenters. The van der Waals surface area contributed by atoms with Crippen LogP contribution in [-0.2, 0) is 6.42 Å². The first-order chi connectivity index (χ1) is 26.1. The van der Waals surface area contributed by atoms with Crippen LogP contribution in [0.5, 0.6) is 23.0 Å². The van der Waals surface area contributed by atoms with Crippen LogP contribution < -0.4 is 5.32 Å². The molecule has 1 aliphatic carbocycles. The van der Waals surface area contributed by atoms with Gasteiger partial charge in [-0.05, 0) is 80.4 Å². The summed E-state index contributed by atoms with van der Waals surface area (Å²) in [4.78, 5) is 4.60. The van der Waals surface area contributed by atoms with Crippen molar-refractivity contribution in [3.63, 3.8) is 0 Å². The van der Waals surface area contributed by atoms with Crippen LogP contribution in [0.15, 0.2) is 151 Å². The monoisotopic (exact) mass is 712 g/mol. The summed E-state index contributed by atoms with van der Waals surface area (Å²) in [5, 5.41) is 49.5. The van der Waals surface area contributed by atoms with Crippen molar-refractivity contribution < 1.29 is 20.4 Å². The Balaban J connectivity index is 0.000000649. The molecule has 0 radical (unpaired) electrons. The second-order valence-corrected chi connectivity index (χ2v) is 12.9.